The van der Waals surface area contributed by atoms with Gasteiger partial charge in [0.1, 0.15) is 0 Å². The lowest BCUT2D eigenvalue weighted by Gasteiger charge is -2.16. The molecule has 1 aromatic heterocycles. The van der Waals surface area contributed by atoms with Crippen LogP contribution in [0.1, 0.15) is 30.0 Å². The van der Waals surface area contributed by atoms with Crippen molar-refractivity contribution in [1.82, 2.24) is 4.90 Å². The van der Waals surface area contributed by atoms with Gasteiger partial charge in [-0.25, -0.2) is 4.79 Å². The van der Waals surface area contributed by atoms with E-state index in [2.05, 4.69) is 24.8 Å². The minimum absolute atomic E-state index is 0.766. The third-order valence-corrected chi connectivity index (χ3v) is 4.74. The molecule has 0 saturated carbocycles. The summed E-state index contributed by atoms with van der Waals surface area (Å²) in [7, 11) is 0. The second-order valence-corrected chi connectivity index (χ2v) is 6.70. The Bertz CT molecular complexity index is 464. The molecule has 1 saturated heterocycles. The smallest absolute Gasteiger partial charge is 0.328 e. The van der Waals surface area contributed by atoms with Gasteiger partial charge in [-0.3, -0.25) is 4.90 Å². The molecule has 0 aliphatic carbocycles. The lowest BCUT2D eigenvalue weighted by Crippen LogP contribution is -2.20. The summed E-state index contributed by atoms with van der Waals surface area (Å²) in [4.78, 5) is 15.3. The van der Waals surface area contributed by atoms with Gasteiger partial charge in [0.2, 0.25) is 0 Å². The van der Waals surface area contributed by atoms with Crippen LogP contribution >= 0.6 is 11.3 Å². The third kappa shape index (κ3) is 4.18. The lowest BCUT2D eigenvalue weighted by atomic mass is 9.95. The fourth-order valence-electron chi connectivity index (χ4n) is 2.49. The van der Waals surface area contributed by atoms with Gasteiger partial charge in [0, 0.05) is 28.9 Å². The molecule has 1 fully saturated rings. The van der Waals surface area contributed by atoms with Crippen LogP contribution in [0.15, 0.2) is 18.2 Å². The maximum atomic E-state index is 10.5. The Balaban J connectivity index is 1.89. The van der Waals surface area contributed by atoms with Crippen LogP contribution < -0.4 is 0 Å². The maximum absolute atomic E-state index is 10.5. The summed E-state index contributed by atoms with van der Waals surface area (Å²) < 4.78 is 0. The second-order valence-electron chi connectivity index (χ2n) is 5.50. The standard InChI is InChI=1S/C15H21NO2S/c1-11(2)12-7-8-16(9-12)10-14-4-3-13(19-14)5-6-15(17)18/h3-6,11-12H,7-10H2,1-2H3,(H,17,18)/b6-5+. The van der Waals surface area contributed by atoms with E-state index in [0.29, 0.717) is 0 Å². The molecule has 3 nitrogen and oxygen atoms in total. The monoisotopic (exact) mass is 279 g/mol. The normalized spacial score (nSPS) is 20.7. The molecule has 1 aliphatic heterocycles. The Kier molecular flexibility index (Phi) is 4.77. The van der Waals surface area contributed by atoms with Gasteiger partial charge in [-0.1, -0.05) is 13.8 Å². The lowest BCUT2D eigenvalue weighted by molar-refractivity contribution is -0.131. The molecule has 1 unspecified atom stereocenters. The molecule has 0 aromatic carbocycles. The highest BCUT2D eigenvalue weighted by molar-refractivity contribution is 7.12. The van der Waals surface area contributed by atoms with Gasteiger partial charge in [0.05, 0.1) is 0 Å². The summed E-state index contributed by atoms with van der Waals surface area (Å²) in [5.41, 5.74) is 0. The zero-order chi connectivity index (χ0) is 13.8. The summed E-state index contributed by atoms with van der Waals surface area (Å²) in [6.07, 6.45) is 4.16. The highest BCUT2D eigenvalue weighted by atomic mass is 32.1. The van der Waals surface area contributed by atoms with E-state index in [1.165, 1.54) is 30.5 Å². The van der Waals surface area contributed by atoms with Crippen molar-refractivity contribution in [2.75, 3.05) is 13.1 Å². The van der Waals surface area contributed by atoms with Crippen LogP contribution in [-0.4, -0.2) is 29.1 Å². The second kappa shape index (κ2) is 6.35. The molecule has 1 aliphatic rings. The number of carboxylic acids is 1. The first-order valence-corrected chi connectivity index (χ1v) is 7.58. The first kappa shape index (κ1) is 14.3. The van der Waals surface area contributed by atoms with Crippen molar-refractivity contribution in [1.29, 1.82) is 0 Å². The molecule has 19 heavy (non-hydrogen) atoms. The Labute approximate surface area is 118 Å². The SMILES string of the molecule is CC(C)C1CCN(Cc2ccc(/C=C/C(=O)O)s2)C1. The first-order chi connectivity index (χ1) is 9.04. The Morgan fingerprint density at radius 3 is 3.00 bits per heavy atom. The van der Waals surface area contributed by atoms with E-state index in [9.17, 15) is 4.79 Å². The van der Waals surface area contributed by atoms with Crippen molar-refractivity contribution >= 4 is 23.4 Å². The van der Waals surface area contributed by atoms with Gasteiger partial charge in [-0.15, -0.1) is 11.3 Å². The summed E-state index contributed by atoms with van der Waals surface area (Å²) in [5.74, 6) is 0.697. The molecule has 0 bridgehead atoms. The quantitative estimate of drug-likeness (QED) is 0.841. The Morgan fingerprint density at radius 1 is 1.58 bits per heavy atom. The summed E-state index contributed by atoms with van der Waals surface area (Å²) in [5, 5.41) is 8.60. The van der Waals surface area contributed by atoms with Crippen LogP contribution in [0.3, 0.4) is 0 Å². The van der Waals surface area contributed by atoms with Gasteiger partial charge < -0.3 is 5.11 Å². The molecule has 1 N–H and O–H groups in total. The van der Waals surface area contributed by atoms with E-state index in [1.807, 2.05) is 6.07 Å². The van der Waals surface area contributed by atoms with Gasteiger partial charge in [0.25, 0.3) is 0 Å². The van der Waals surface area contributed by atoms with Crippen LogP contribution in [0.5, 0.6) is 0 Å². The molecule has 0 radical (unpaired) electrons. The predicted octanol–water partition coefficient (Wildman–Crippen LogP) is 3.32. The Hall–Kier alpha value is -1.13. The van der Waals surface area contributed by atoms with Gasteiger partial charge >= 0.3 is 5.97 Å². The van der Waals surface area contributed by atoms with E-state index in [-0.39, 0.29) is 0 Å². The number of nitrogens with zero attached hydrogens (tertiary/aromatic N) is 1. The minimum Gasteiger partial charge on any atom is -0.478 e. The minimum atomic E-state index is -0.894. The van der Waals surface area contributed by atoms with E-state index in [0.717, 1.165) is 23.3 Å². The van der Waals surface area contributed by atoms with E-state index in [1.54, 1.807) is 17.4 Å². The molecule has 4 heteroatoms. The first-order valence-electron chi connectivity index (χ1n) is 6.76. The number of carbonyl (C=O) groups is 1. The fraction of sp³-hybridized carbons (Fsp3) is 0.533. The van der Waals surface area contributed by atoms with Crippen LogP contribution in [0.25, 0.3) is 6.08 Å². The molecule has 2 heterocycles. The summed E-state index contributed by atoms with van der Waals surface area (Å²) in [6, 6.07) is 4.10. The number of carboxylic acid groups (broad SMARTS) is 1. The van der Waals surface area contributed by atoms with Gasteiger partial charge in [-0.05, 0) is 43.0 Å². The number of hydrogen-bond acceptors (Lipinski definition) is 3. The zero-order valence-electron chi connectivity index (χ0n) is 11.5. The number of likely N-dealkylation sites (tertiary alicyclic amines) is 1. The average molecular weight is 279 g/mol. The highest BCUT2D eigenvalue weighted by Gasteiger charge is 2.24. The molecule has 2 rings (SSSR count). The summed E-state index contributed by atoms with van der Waals surface area (Å²) >= 11 is 1.68. The molecular formula is C15H21NO2S. The van der Waals surface area contributed by atoms with Crippen LogP contribution in [0.4, 0.5) is 0 Å². The summed E-state index contributed by atoms with van der Waals surface area (Å²) in [6.45, 7) is 7.97. The predicted molar refractivity (Wildman–Crippen MR) is 79.2 cm³/mol. The Morgan fingerprint density at radius 2 is 2.37 bits per heavy atom. The van der Waals surface area contributed by atoms with Gasteiger partial charge in [-0.2, -0.15) is 0 Å². The largest absolute Gasteiger partial charge is 0.478 e. The third-order valence-electron chi connectivity index (χ3n) is 3.70. The average Bonchev–Trinajstić information content (AvgIpc) is 2.96. The van der Waals surface area contributed by atoms with Crippen molar-refractivity contribution in [3.8, 4) is 0 Å². The van der Waals surface area contributed by atoms with Crippen LogP contribution in [0, 0.1) is 11.8 Å². The van der Waals surface area contributed by atoms with Crippen LogP contribution in [0.2, 0.25) is 0 Å². The molecule has 104 valence electrons. The number of aliphatic carboxylic acids is 1. The van der Waals surface area contributed by atoms with Crippen molar-refractivity contribution in [2.24, 2.45) is 11.8 Å². The van der Waals surface area contributed by atoms with Gasteiger partial charge in [0.15, 0.2) is 0 Å². The zero-order valence-corrected chi connectivity index (χ0v) is 12.3. The fourth-order valence-corrected chi connectivity index (χ4v) is 3.45. The van der Waals surface area contributed by atoms with E-state index >= 15 is 0 Å². The highest BCUT2D eigenvalue weighted by Crippen LogP contribution is 2.27. The molecular weight excluding hydrogens is 258 g/mol. The number of thiophene rings is 1. The molecule has 0 spiro atoms. The van der Waals surface area contributed by atoms with Crippen molar-refractivity contribution in [3.05, 3.63) is 28.0 Å². The number of rotatable bonds is 5. The van der Waals surface area contributed by atoms with Crippen molar-refractivity contribution in [3.63, 3.8) is 0 Å². The van der Waals surface area contributed by atoms with E-state index in [4.69, 9.17) is 5.11 Å². The topological polar surface area (TPSA) is 40.5 Å². The molecule has 1 aromatic rings. The molecule has 0 amide bonds. The number of hydrogen-bond donors (Lipinski definition) is 1. The maximum Gasteiger partial charge on any atom is 0.328 e. The molecule has 1 atom stereocenters. The van der Waals surface area contributed by atoms with E-state index < -0.39 is 5.97 Å². The van der Waals surface area contributed by atoms with Crippen LogP contribution in [-0.2, 0) is 11.3 Å². The van der Waals surface area contributed by atoms with Crippen molar-refractivity contribution < 1.29 is 9.90 Å². The van der Waals surface area contributed by atoms with Crippen molar-refractivity contribution in [2.45, 2.75) is 26.8 Å².